The van der Waals surface area contributed by atoms with Crippen molar-refractivity contribution in [2.45, 2.75) is 52.1 Å². The normalized spacial score (nSPS) is 25.9. The Balaban J connectivity index is 1.65. The van der Waals surface area contributed by atoms with Gasteiger partial charge < -0.3 is 15.0 Å². The van der Waals surface area contributed by atoms with Crippen molar-refractivity contribution in [1.82, 2.24) is 15.1 Å². The Morgan fingerprint density at radius 3 is 2.33 bits per heavy atom. The van der Waals surface area contributed by atoms with Crippen molar-refractivity contribution in [2.24, 2.45) is 5.92 Å². The van der Waals surface area contributed by atoms with Gasteiger partial charge in [-0.05, 0) is 58.7 Å². The molecule has 2 saturated heterocycles. The molecule has 2 fully saturated rings. The van der Waals surface area contributed by atoms with E-state index >= 15 is 0 Å². The van der Waals surface area contributed by atoms with Crippen LogP contribution in [-0.4, -0.2) is 74.4 Å². The zero-order valence-corrected chi connectivity index (χ0v) is 14.3. The van der Waals surface area contributed by atoms with Crippen LogP contribution in [-0.2, 0) is 4.74 Å². The first kappa shape index (κ1) is 17.2. The van der Waals surface area contributed by atoms with E-state index in [0.29, 0.717) is 12.1 Å². The molecule has 2 rings (SSSR count). The average Bonchev–Trinajstić information content (AvgIpc) is 2.49. The second-order valence-electron chi connectivity index (χ2n) is 6.95. The van der Waals surface area contributed by atoms with Gasteiger partial charge in [0.2, 0.25) is 0 Å². The Morgan fingerprint density at radius 2 is 1.71 bits per heavy atom. The predicted octanol–water partition coefficient (Wildman–Crippen LogP) is 1.81. The van der Waals surface area contributed by atoms with Crippen LogP contribution in [0.4, 0.5) is 0 Å². The third-order valence-electron chi connectivity index (χ3n) is 5.06. The van der Waals surface area contributed by atoms with Gasteiger partial charge in [-0.15, -0.1) is 0 Å². The van der Waals surface area contributed by atoms with Crippen LogP contribution in [0.1, 0.15) is 40.0 Å². The molecular weight excluding hydrogens is 262 g/mol. The van der Waals surface area contributed by atoms with Gasteiger partial charge in [0.15, 0.2) is 0 Å². The highest BCUT2D eigenvalue weighted by Gasteiger charge is 2.24. The first-order valence-corrected chi connectivity index (χ1v) is 8.97. The molecule has 0 radical (unpaired) electrons. The number of ether oxygens (including phenoxy) is 1. The average molecular weight is 297 g/mol. The van der Waals surface area contributed by atoms with Crippen LogP contribution < -0.4 is 5.32 Å². The lowest BCUT2D eigenvalue weighted by molar-refractivity contribution is 0.0331. The lowest BCUT2D eigenvalue weighted by Gasteiger charge is -2.37. The second-order valence-corrected chi connectivity index (χ2v) is 6.95. The Hall–Kier alpha value is -0.160. The van der Waals surface area contributed by atoms with E-state index in [2.05, 4.69) is 35.9 Å². The number of hydrogen-bond acceptors (Lipinski definition) is 4. The van der Waals surface area contributed by atoms with E-state index < -0.39 is 0 Å². The molecule has 2 heterocycles. The minimum Gasteiger partial charge on any atom is -0.379 e. The van der Waals surface area contributed by atoms with Crippen molar-refractivity contribution in [2.75, 3.05) is 52.5 Å². The van der Waals surface area contributed by atoms with Crippen molar-refractivity contribution in [3.8, 4) is 0 Å². The predicted molar refractivity (Wildman–Crippen MR) is 88.8 cm³/mol. The largest absolute Gasteiger partial charge is 0.379 e. The van der Waals surface area contributed by atoms with Gasteiger partial charge in [0, 0.05) is 31.7 Å². The van der Waals surface area contributed by atoms with E-state index in [9.17, 15) is 0 Å². The molecular formula is C17H35N3O. The highest BCUT2D eigenvalue weighted by atomic mass is 16.5. The zero-order chi connectivity index (χ0) is 15.1. The van der Waals surface area contributed by atoms with Crippen molar-refractivity contribution in [3.63, 3.8) is 0 Å². The molecule has 4 nitrogen and oxygen atoms in total. The van der Waals surface area contributed by atoms with E-state index in [0.717, 1.165) is 38.8 Å². The molecule has 0 aromatic heterocycles. The van der Waals surface area contributed by atoms with E-state index in [1.54, 1.807) is 0 Å². The molecule has 0 amide bonds. The molecule has 0 saturated carbocycles. The van der Waals surface area contributed by atoms with Crippen molar-refractivity contribution >= 4 is 0 Å². The third-order valence-corrected chi connectivity index (χ3v) is 5.06. The number of rotatable bonds is 7. The third kappa shape index (κ3) is 5.85. The molecule has 0 spiro atoms. The van der Waals surface area contributed by atoms with Crippen LogP contribution in [0.25, 0.3) is 0 Å². The van der Waals surface area contributed by atoms with Gasteiger partial charge in [-0.25, -0.2) is 0 Å². The zero-order valence-electron chi connectivity index (χ0n) is 14.3. The molecule has 0 bridgehead atoms. The Morgan fingerprint density at radius 1 is 1.05 bits per heavy atom. The minimum atomic E-state index is 0.576. The van der Waals surface area contributed by atoms with Crippen LogP contribution in [0, 0.1) is 5.92 Å². The number of piperidine rings is 1. The van der Waals surface area contributed by atoms with Crippen molar-refractivity contribution in [1.29, 1.82) is 0 Å². The van der Waals surface area contributed by atoms with E-state index in [1.807, 2.05) is 0 Å². The number of morpholine rings is 1. The summed E-state index contributed by atoms with van der Waals surface area (Å²) in [6.45, 7) is 16.0. The lowest BCUT2D eigenvalue weighted by atomic mass is 9.90. The number of likely N-dealkylation sites (tertiary alicyclic amines) is 1. The molecule has 0 aliphatic carbocycles. The van der Waals surface area contributed by atoms with Gasteiger partial charge in [0.1, 0.15) is 0 Å². The topological polar surface area (TPSA) is 27.7 Å². The summed E-state index contributed by atoms with van der Waals surface area (Å²) < 4.78 is 5.42. The van der Waals surface area contributed by atoms with Gasteiger partial charge in [0.25, 0.3) is 0 Å². The summed E-state index contributed by atoms with van der Waals surface area (Å²) in [4.78, 5) is 5.15. The lowest BCUT2D eigenvalue weighted by Crippen LogP contribution is -2.49. The van der Waals surface area contributed by atoms with E-state index in [4.69, 9.17) is 4.74 Å². The summed E-state index contributed by atoms with van der Waals surface area (Å²) in [5.74, 6) is 0.852. The molecule has 124 valence electrons. The first-order chi connectivity index (χ1) is 10.2. The molecule has 2 aliphatic rings. The quantitative estimate of drug-likeness (QED) is 0.775. The van der Waals surface area contributed by atoms with Crippen LogP contribution in [0.2, 0.25) is 0 Å². The molecule has 2 unspecified atom stereocenters. The maximum absolute atomic E-state index is 5.42. The van der Waals surface area contributed by atoms with E-state index in [1.165, 1.54) is 38.9 Å². The maximum atomic E-state index is 5.42. The van der Waals surface area contributed by atoms with Gasteiger partial charge in [-0.3, -0.25) is 4.90 Å². The molecule has 21 heavy (non-hydrogen) atoms. The summed E-state index contributed by atoms with van der Waals surface area (Å²) in [5.41, 5.74) is 0. The second kappa shape index (κ2) is 9.09. The van der Waals surface area contributed by atoms with Crippen molar-refractivity contribution in [3.05, 3.63) is 0 Å². The Labute approximate surface area is 131 Å². The fourth-order valence-electron chi connectivity index (χ4n) is 3.80. The molecule has 1 N–H and O–H groups in total. The molecule has 0 aromatic carbocycles. The summed E-state index contributed by atoms with van der Waals surface area (Å²) in [5, 5.41) is 3.84. The standard InChI is InChI=1S/C17H35N3O/c1-4-7-19-8-5-17(6-9-19)16(3)18-15(2)14-20-10-12-21-13-11-20/h15-18H,4-14H2,1-3H3. The Bertz CT molecular complexity index is 273. The molecule has 0 aromatic rings. The smallest absolute Gasteiger partial charge is 0.0594 e. The summed E-state index contributed by atoms with van der Waals surface area (Å²) in [7, 11) is 0. The number of nitrogens with one attached hydrogen (secondary N) is 1. The van der Waals surface area contributed by atoms with Crippen LogP contribution in [0.15, 0.2) is 0 Å². The summed E-state index contributed by atoms with van der Waals surface area (Å²) in [6.07, 6.45) is 4.01. The Kier molecular flexibility index (Phi) is 7.44. The van der Waals surface area contributed by atoms with Gasteiger partial charge >= 0.3 is 0 Å². The van der Waals surface area contributed by atoms with E-state index in [-0.39, 0.29) is 0 Å². The highest BCUT2D eigenvalue weighted by molar-refractivity contribution is 4.82. The van der Waals surface area contributed by atoms with Crippen molar-refractivity contribution < 1.29 is 4.74 Å². The van der Waals surface area contributed by atoms with Crippen LogP contribution in [0.3, 0.4) is 0 Å². The molecule has 2 atom stereocenters. The number of nitrogens with zero attached hydrogens (tertiary/aromatic N) is 2. The summed E-state index contributed by atoms with van der Waals surface area (Å²) >= 11 is 0. The summed E-state index contributed by atoms with van der Waals surface area (Å²) in [6, 6.07) is 1.22. The SMILES string of the molecule is CCCN1CCC(C(C)NC(C)CN2CCOCC2)CC1. The number of hydrogen-bond donors (Lipinski definition) is 1. The fraction of sp³-hybridized carbons (Fsp3) is 1.00. The maximum Gasteiger partial charge on any atom is 0.0594 e. The minimum absolute atomic E-state index is 0.576. The molecule has 4 heteroatoms. The van der Waals surface area contributed by atoms with Gasteiger partial charge in [-0.2, -0.15) is 0 Å². The van der Waals surface area contributed by atoms with Gasteiger partial charge in [-0.1, -0.05) is 6.92 Å². The van der Waals surface area contributed by atoms with Gasteiger partial charge in [0.05, 0.1) is 13.2 Å². The highest BCUT2D eigenvalue weighted by Crippen LogP contribution is 2.21. The fourth-order valence-corrected chi connectivity index (χ4v) is 3.80. The van der Waals surface area contributed by atoms with Crippen LogP contribution >= 0.6 is 0 Å². The monoisotopic (exact) mass is 297 g/mol. The first-order valence-electron chi connectivity index (χ1n) is 8.97. The molecule has 2 aliphatic heterocycles. The van der Waals surface area contributed by atoms with Crippen LogP contribution in [0.5, 0.6) is 0 Å².